The van der Waals surface area contributed by atoms with Crippen molar-refractivity contribution in [3.8, 4) is 0 Å². The molecule has 3 N–H and O–H groups in total. The van der Waals surface area contributed by atoms with Crippen LogP contribution in [0.2, 0.25) is 0 Å². The highest BCUT2D eigenvalue weighted by molar-refractivity contribution is 7.80. The van der Waals surface area contributed by atoms with Gasteiger partial charge in [-0.1, -0.05) is 30.3 Å². The van der Waals surface area contributed by atoms with Crippen LogP contribution in [0.3, 0.4) is 0 Å². The van der Waals surface area contributed by atoms with Gasteiger partial charge < -0.3 is 34.7 Å². The molecule has 2 saturated heterocycles. The van der Waals surface area contributed by atoms with E-state index in [-0.39, 0.29) is 6.61 Å². The fourth-order valence-electron chi connectivity index (χ4n) is 4.35. The van der Waals surface area contributed by atoms with E-state index in [1.54, 1.807) is 0 Å². The Kier molecular flexibility index (Phi) is 4.93. The zero-order valence-corrected chi connectivity index (χ0v) is 17.4. The zero-order valence-electron chi connectivity index (χ0n) is 16.6. The second-order valence-corrected chi connectivity index (χ2v) is 8.96. The maximum Gasteiger partial charge on any atom is 0.166 e. The van der Waals surface area contributed by atoms with Gasteiger partial charge in [0, 0.05) is 6.54 Å². The van der Waals surface area contributed by atoms with Gasteiger partial charge in [0.1, 0.15) is 23.9 Å². The molecule has 7 nitrogen and oxygen atoms in total. The smallest absolute Gasteiger partial charge is 0.166 e. The minimum atomic E-state index is -0.903. The minimum absolute atomic E-state index is 0.274. The third-order valence-corrected chi connectivity index (χ3v) is 5.74. The van der Waals surface area contributed by atoms with Gasteiger partial charge in [-0.3, -0.25) is 0 Å². The SMILES string of the molecule is CC1(C)O[C@H]2[C@@H](O)[C@@H](NC(=S)NCc3ccccc3)[C@@]3(COC(C)(C)O3)[C@H]2O1. The third-order valence-electron chi connectivity index (χ3n) is 5.48. The Balaban J connectivity index is 1.51. The van der Waals surface area contributed by atoms with Crippen molar-refractivity contribution in [2.24, 2.45) is 0 Å². The topological polar surface area (TPSA) is 81.2 Å². The molecule has 1 aliphatic carbocycles. The number of benzene rings is 1. The molecule has 0 radical (unpaired) electrons. The molecule has 0 unspecified atom stereocenters. The van der Waals surface area contributed by atoms with E-state index in [1.165, 1.54) is 0 Å². The summed E-state index contributed by atoms with van der Waals surface area (Å²) >= 11 is 5.48. The number of aliphatic hydroxyl groups is 1. The van der Waals surface area contributed by atoms with E-state index >= 15 is 0 Å². The molecule has 1 spiro atoms. The fourth-order valence-corrected chi connectivity index (χ4v) is 4.55. The Hall–Kier alpha value is -1.29. The molecule has 1 aromatic carbocycles. The third kappa shape index (κ3) is 3.53. The maximum absolute atomic E-state index is 11.0. The van der Waals surface area contributed by atoms with E-state index in [2.05, 4.69) is 10.6 Å². The molecule has 2 heterocycles. The first-order chi connectivity index (χ1) is 13.1. The van der Waals surface area contributed by atoms with Gasteiger partial charge in [0.15, 0.2) is 16.7 Å². The van der Waals surface area contributed by atoms with Crippen LogP contribution in [0.25, 0.3) is 0 Å². The number of fused-ring (bicyclic) bond motifs is 2. The summed E-state index contributed by atoms with van der Waals surface area (Å²) in [5.74, 6) is -1.58. The lowest BCUT2D eigenvalue weighted by Gasteiger charge is -2.37. The van der Waals surface area contributed by atoms with E-state index in [4.69, 9.17) is 31.2 Å². The summed E-state index contributed by atoms with van der Waals surface area (Å²) < 4.78 is 24.3. The predicted molar refractivity (Wildman–Crippen MR) is 106 cm³/mol. The standard InChI is InChI=1S/C20H28N2O5S/c1-18(2)24-11-20(27-18)15(13(23)14-16(20)26-19(3,4)25-14)22-17(28)21-10-12-8-6-5-7-9-12/h5-9,13-16,23H,10-11H2,1-4H3,(H2,21,22,28)/t13-,14+,15-,16+,20+/m1/s1. The van der Waals surface area contributed by atoms with Gasteiger partial charge in [-0.2, -0.15) is 0 Å². The van der Waals surface area contributed by atoms with Crippen LogP contribution in [0.1, 0.15) is 33.3 Å². The highest BCUT2D eigenvalue weighted by Gasteiger charge is 2.71. The molecule has 3 fully saturated rings. The van der Waals surface area contributed by atoms with Crippen LogP contribution in [0, 0.1) is 0 Å². The van der Waals surface area contributed by atoms with Crippen LogP contribution in [-0.4, -0.2) is 58.4 Å². The first-order valence-corrected chi connectivity index (χ1v) is 9.99. The van der Waals surface area contributed by atoms with Crippen molar-refractivity contribution in [2.75, 3.05) is 6.61 Å². The molecule has 2 aliphatic heterocycles. The first kappa shape index (κ1) is 20.0. The average Bonchev–Trinajstić information content (AvgIpc) is 3.20. The second-order valence-electron chi connectivity index (χ2n) is 8.55. The maximum atomic E-state index is 11.0. The van der Waals surface area contributed by atoms with E-state index in [0.717, 1.165) is 5.56 Å². The molecule has 3 aliphatic rings. The number of ether oxygens (including phenoxy) is 4. The summed E-state index contributed by atoms with van der Waals surface area (Å²) in [6.45, 7) is 8.23. The van der Waals surface area contributed by atoms with Gasteiger partial charge >= 0.3 is 0 Å². The van der Waals surface area contributed by atoms with E-state index in [0.29, 0.717) is 11.7 Å². The van der Waals surface area contributed by atoms with Gasteiger partial charge in [-0.15, -0.1) is 0 Å². The zero-order chi connectivity index (χ0) is 20.2. The lowest BCUT2D eigenvalue weighted by atomic mass is 9.95. The Bertz CT molecular complexity index is 743. The van der Waals surface area contributed by atoms with Crippen molar-refractivity contribution in [1.82, 2.24) is 10.6 Å². The Morgan fingerprint density at radius 3 is 2.50 bits per heavy atom. The molecular weight excluding hydrogens is 380 g/mol. The molecule has 5 atom stereocenters. The summed E-state index contributed by atoms with van der Waals surface area (Å²) in [6, 6.07) is 9.44. The van der Waals surface area contributed by atoms with Crippen LogP contribution < -0.4 is 10.6 Å². The molecular formula is C20H28N2O5S. The molecule has 0 bridgehead atoms. The van der Waals surface area contributed by atoms with Gasteiger partial charge in [0.2, 0.25) is 0 Å². The Labute approximate surface area is 170 Å². The summed E-state index contributed by atoms with van der Waals surface area (Å²) in [5, 5.41) is 17.9. The fraction of sp³-hybridized carbons (Fsp3) is 0.650. The quantitative estimate of drug-likeness (QED) is 0.649. The van der Waals surface area contributed by atoms with E-state index < -0.39 is 41.5 Å². The first-order valence-electron chi connectivity index (χ1n) is 9.58. The largest absolute Gasteiger partial charge is 0.388 e. The molecule has 154 valence electrons. The van der Waals surface area contributed by atoms with Crippen molar-refractivity contribution < 1.29 is 24.1 Å². The number of aliphatic hydroxyl groups excluding tert-OH is 1. The summed E-state index contributed by atoms with van der Waals surface area (Å²) in [7, 11) is 0. The Morgan fingerprint density at radius 2 is 1.86 bits per heavy atom. The number of rotatable bonds is 3. The highest BCUT2D eigenvalue weighted by atomic mass is 32.1. The van der Waals surface area contributed by atoms with E-state index in [9.17, 15) is 5.11 Å². The van der Waals surface area contributed by atoms with Crippen molar-refractivity contribution in [3.63, 3.8) is 0 Å². The molecule has 1 aromatic rings. The molecule has 1 saturated carbocycles. The normalized spacial score (nSPS) is 37.8. The van der Waals surface area contributed by atoms with Crippen molar-refractivity contribution in [3.05, 3.63) is 35.9 Å². The van der Waals surface area contributed by atoms with Gasteiger partial charge in [-0.05, 0) is 45.5 Å². The monoisotopic (exact) mass is 408 g/mol. The Morgan fingerprint density at radius 1 is 1.14 bits per heavy atom. The van der Waals surface area contributed by atoms with Gasteiger partial charge in [0.25, 0.3) is 0 Å². The second kappa shape index (κ2) is 6.90. The van der Waals surface area contributed by atoms with Crippen LogP contribution >= 0.6 is 12.2 Å². The van der Waals surface area contributed by atoms with Gasteiger partial charge in [0.05, 0.1) is 12.6 Å². The highest BCUT2D eigenvalue weighted by Crippen LogP contribution is 2.50. The summed E-state index contributed by atoms with van der Waals surface area (Å²) in [6.07, 6.45) is -1.85. The molecule has 8 heteroatoms. The number of thiocarbonyl (C=S) groups is 1. The molecule has 0 amide bonds. The van der Waals surface area contributed by atoms with Crippen LogP contribution in [0.5, 0.6) is 0 Å². The molecule has 28 heavy (non-hydrogen) atoms. The van der Waals surface area contributed by atoms with Crippen molar-refractivity contribution in [1.29, 1.82) is 0 Å². The molecule has 0 aromatic heterocycles. The number of nitrogens with one attached hydrogen (secondary N) is 2. The summed E-state index contributed by atoms with van der Waals surface area (Å²) in [4.78, 5) is 0. The van der Waals surface area contributed by atoms with E-state index in [1.807, 2.05) is 58.0 Å². The van der Waals surface area contributed by atoms with Crippen LogP contribution in [-0.2, 0) is 25.5 Å². The van der Waals surface area contributed by atoms with Crippen molar-refractivity contribution in [2.45, 2.75) is 75.8 Å². The van der Waals surface area contributed by atoms with Crippen molar-refractivity contribution >= 4 is 17.3 Å². The molecule has 4 rings (SSSR count). The van der Waals surface area contributed by atoms with Crippen LogP contribution in [0.15, 0.2) is 30.3 Å². The summed E-state index contributed by atoms with van der Waals surface area (Å²) in [5.41, 5.74) is 0.208. The predicted octanol–water partition coefficient (Wildman–Crippen LogP) is 1.44. The number of hydrogen-bond acceptors (Lipinski definition) is 6. The average molecular weight is 409 g/mol. The lowest BCUT2D eigenvalue weighted by Crippen LogP contribution is -2.61. The van der Waals surface area contributed by atoms with Gasteiger partial charge in [-0.25, -0.2) is 0 Å². The lowest BCUT2D eigenvalue weighted by molar-refractivity contribution is -0.217. The number of hydrogen-bond donors (Lipinski definition) is 3. The van der Waals surface area contributed by atoms with Crippen LogP contribution in [0.4, 0.5) is 0 Å². The minimum Gasteiger partial charge on any atom is -0.388 e.